The summed E-state index contributed by atoms with van der Waals surface area (Å²) in [6.07, 6.45) is 1.92. The van der Waals surface area contributed by atoms with Gasteiger partial charge in [0.15, 0.2) is 0 Å². The van der Waals surface area contributed by atoms with Gasteiger partial charge in [-0.1, -0.05) is 18.2 Å². The first-order chi connectivity index (χ1) is 9.13. The van der Waals surface area contributed by atoms with Gasteiger partial charge in [0.1, 0.15) is 6.04 Å². The van der Waals surface area contributed by atoms with Gasteiger partial charge in [-0.2, -0.15) is 0 Å². The summed E-state index contributed by atoms with van der Waals surface area (Å²) in [5.41, 5.74) is 0.747. The summed E-state index contributed by atoms with van der Waals surface area (Å²) in [7, 11) is 0. The van der Waals surface area contributed by atoms with E-state index in [2.05, 4.69) is 5.32 Å². The molecule has 2 rings (SSSR count). The van der Waals surface area contributed by atoms with E-state index in [0.717, 1.165) is 10.5 Å². The molecule has 2 N–H and O–H groups in total. The summed E-state index contributed by atoms with van der Waals surface area (Å²) in [4.78, 5) is 25.7. The molecular weight excluding hydrogens is 264 g/mol. The van der Waals surface area contributed by atoms with Crippen molar-refractivity contribution >= 4 is 23.6 Å². The standard InChI is InChI=1S/C13H16N2O3S/c1-19-10-5-3-2-4-9(10)12(13(17)18)15-7-6-14-11(16)8-15/h2-5,12H,6-8H2,1H3,(H,14,16)(H,17,18). The van der Waals surface area contributed by atoms with E-state index >= 15 is 0 Å². The quantitative estimate of drug-likeness (QED) is 0.804. The van der Waals surface area contributed by atoms with Gasteiger partial charge in [-0.25, -0.2) is 0 Å². The summed E-state index contributed by atoms with van der Waals surface area (Å²) < 4.78 is 0. The summed E-state index contributed by atoms with van der Waals surface area (Å²) in [6, 6.07) is 6.66. The summed E-state index contributed by atoms with van der Waals surface area (Å²) in [5.74, 6) is -1.05. The van der Waals surface area contributed by atoms with Crippen LogP contribution in [0.1, 0.15) is 11.6 Å². The van der Waals surface area contributed by atoms with Gasteiger partial charge >= 0.3 is 5.97 Å². The Balaban J connectivity index is 2.34. The number of aliphatic carboxylic acids is 1. The Bertz CT molecular complexity index is 493. The second-order valence-electron chi connectivity index (χ2n) is 4.30. The average Bonchev–Trinajstić information content (AvgIpc) is 2.39. The number of thioether (sulfide) groups is 1. The van der Waals surface area contributed by atoms with Crippen molar-refractivity contribution in [2.75, 3.05) is 25.9 Å². The molecule has 0 spiro atoms. The van der Waals surface area contributed by atoms with Gasteiger partial charge in [0.2, 0.25) is 5.91 Å². The van der Waals surface area contributed by atoms with Crippen LogP contribution in [0.25, 0.3) is 0 Å². The molecule has 1 amide bonds. The monoisotopic (exact) mass is 280 g/mol. The van der Waals surface area contributed by atoms with E-state index in [-0.39, 0.29) is 12.5 Å². The number of piperazine rings is 1. The van der Waals surface area contributed by atoms with Crippen LogP contribution in [0.5, 0.6) is 0 Å². The minimum absolute atomic E-state index is 0.125. The number of benzene rings is 1. The number of carboxylic acids is 1. The molecule has 0 saturated carbocycles. The molecule has 19 heavy (non-hydrogen) atoms. The maximum absolute atomic E-state index is 11.6. The molecule has 1 heterocycles. The molecule has 102 valence electrons. The van der Waals surface area contributed by atoms with Crippen molar-refractivity contribution in [3.8, 4) is 0 Å². The molecule has 1 aromatic carbocycles. The maximum Gasteiger partial charge on any atom is 0.325 e. The second-order valence-corrected chi connectivity index (χ2v) is 5.15. The maximum atomic E-state index is 11.6. The Morgan fingerprint density at radius 3 is 2.84 bits per heavy atom. The van der Waals surface area contributed by atoms with Gasteiger partial charge in [-0.3, -0.25) is 14.5 Å². The van der Waals surface area contributed by atoms with Crippen LogP contribution < -0.4 is 5.32 Å². The van der Waals surface area contributed by atoms with Gasteiger partial charge in [-0.05, 0) is 17.9 Å². The fourth-order valence-electron chi connectivity index (χ4n) is 2.26. The highest BCUT2D eigenvalue weighted by Gasteiger charge is 2.32. The molecule has 0 aliphatic carbocycles. The number of nitrogens with one attached hydrogen (secondary N) is 1. The number of carbonyl (C=O) groups is 2. The summed E-state index contributed by atoms with van der Waals surface area (Å²) >= 11 is 1.52. The molecule has 1 saturated heterocycles. The first-order valence-corrected chi connectivity index (χ1v) is 7.22. The number of amides is 1. The van der Waals surface area contributed by atoms with Crippen LogP contribution in [0.2, 0.25) is 0 Å². The predicted octanol–water partition coefficient (Wildman–Crippen LogP) is 0.966. The lowest BCUT2D eigenvalue weighted by Crippen LogP contribution is -2.50. The van der Waals surface area contributed by atoms with E-state index in [4.69, 9.17) is 0 Å². The lowest BCUT2D eigenvalue weighted by atomic mass is 10.0. The van der Waals surface area contributed by atoms with Crippen molar-refractivity contribution in [3.63, 3.8) is 0 Å². The van der Waals surface area contributed by atoms with Crippen molar-refractivity contribution < 1.29 is 14.7 Å². The Labute approximate surface area is 116 Å². The lowest BCUT2D eigenvalue weighted by Gasteiger charge is -2.32. The third-order valence-corrected chi connectivity index (χ3v) is 3.91. The van der Waals surface area contributed by atoms with Gasteiger partial charge in [0.25, 0.3) is 0 Å². The number of rotatable bonds is 4. The van der Waals surface area contributed by atoms with E-state index in [9.17, 15) is 14.7 Å². The van der Waals surface area contributed by atoms with Gasteiger partial charge in [0, 0.05) is 18.0 Å². The molecule has 5 nitrogen and oxygen atoms in total. The average molecular weight is 280 g/mol. The molecule has 1 fully saturated rings. The Hall–Kier alpha value is -1.53. The second kappa shape index (κ2) is 6.08. The molecule has 1 unspecified atom stereocenters. The van der Waals surface area contributed by atoms with Crippen molar-refractivity contribution in [1.29, 1.82) is 0 Å². The van der Waals surface area contributed by atoms with Crippen LogP contribution in [-0.4, -0.2) is 47.8 Å². The summed E-state index contributed by atoms with van der Waals surface area (Å²) in [6.45, 7) is 1.16. The molecule has 1 atom stereocenters. The first kappa shape index (κ1) is 13.9. The largest absolute Gasteiger partial charge is 0.480 e. The topological polar surface area (TPSA) is 69.6 Å². The van der Waals surface area contributed by atoms with Crippen LogP contribution in [0.4, 0.5) is 0 Å². The SMILES string of the molecule is CSc1ccccc1C(C(=O)O)N1CCNC(=O)C1. The molecule has 1 aromatic rings. The molecule has 0 radical (unpaired) electrons. The smallest absolute Gasteiger partial charge is 0.325 e. The van der Waals surface area contributed by atoms with E-state index in [0.29, 0.717) is 13.1 Å². The molecule has 0 bridgehead atoms. The minimum atomic E-state index is -0.920. The number of carbonyl (C=O) groups excluding carboxylic acids is 1. The van der Waals surface area contributed by atoms with Crippen molar-refractivity contribution in [2.24, 2.45) is 0 Å². The lowest BCUT2D eigenvalue weighted by molar-refractivity contribution is -0.145. The van der Waals surface area contributed by atoms with Gasteiger partial charge < -0.3 is 10.4 Å². The zero-order valence-corrected chi connectivity index (χ0v) is 11.4. The zero-order chi connectivity index (χ0) is 13.8. The van der Waals surface area contributed by atoms with Crippen LogP contribution in [0.3, 0.4) is 0 Å². The van der Waals surface area contributed by atoms with E-state index in [1.54, 1.807) is 4.90 Å². The number of carboxylic acid groups (broad SMARTS) is 1. The fourth-order valence-corrected chi connectivity index (χ4v) is 2.89. The van der Waals surface area contributed by atoms with E-state index in [1.165, 1.54) is 11.8 Å². The highest BCUT2D eigenvalue weighted by molar-refractivity contribution is 7.98. The first-order valence-electron chi connectivity index (χ1n) is 6.00. The highest BCUT2D eigenvalue weighted by Crippen LogP contribution is 2.30. The van der Waals surface area contributed by atoms with Crippen molar-refractivity contribution in [3.05, 3.63) is 29.8 Å². The fraction of sp³-hybridized carbons (Fsp3) is 0.385. The van der Waals surface area contributed by atoms with Crippen LogP contribution in [-0.2, 0) is 9.59 Å². The highest BCUT2D eigenvalue weighted by atomic mass is 32.2. The number of nitrogens with zero attached hydrogens (tertiary/aromatic N) is 1. The normalized spacial score (nSPS) is 17.8. The zero-order valence-electron chi connectivity index (χ0n) is 10.6. The van der Waals surface area contributed by atoms with Crippen LogP contribution in [0.15, 0.2) is 29.2 Å². The number of hydrogen-bond donors (Lipinski definition) is 2. The van der Waals surface area contributed by atoms with Crippen LogP contribution in [0, 0.1) is 0 Å². The summed E-state index contributed by atoms with van der Waals surface area (Å²) in [5, 5.41) is 12.2. The van der Waals surface area contributed by atoms with Crippen molar-refractivity contribution in [1.82, 2.24) is 10.2 Å². The molecule has 1 aliphatic heterocycles. The Morgan fingerprint density at radius 1 is 1.47 bits per heavy atom. The van der Waals surface area contributed by atoms with E-state index < -0.39 is 12.0 Å². The molecule has 6 heteroatoms. The van der Waals surface area contributed by atoms with Crippen LogP contribution >= 0.6 is 11.8 Å². The van der Waals surface area contributed by atoms with Gasteiger partial charge in [-0.15, -0.1) is 11.8 Å². The molecule has 0 aromatic heterocycles. The molecule has 1 aliphatic rings. The number of hydrogen-bond acceptors (Lipinski definition) is 4. The third-order valence-electron chi connectivity index (χ3n) is 3.10. The predicted molar refractivity (Wildman–Crippen MR) is 73.2 cm³/mol. The van der Waals surface area contributed by atoms with E-state index in [1.807, 2.05) is 30.5 Å². The Kier molecular flexibility index (Phi) is 4.44. The van der Waals surface area contributed by atoms with Gasteiger partial charge in [0.05, 0.1) is 6.54 Å². The third kappa shape index (κ3) is 3.08. The Morgan fingerprint density at radius 2 is 2.21 bits per heavy atom. The molecular formula is C13H16N2O3S. The van der Waals surface area contributed by atoms with Crippen molar-refractivity contribution in [2.45, 2.75) is 10.9 Å². The minimum Gasteiger partial charge on any atom is -0.480 e.